The van der Waals surface area contributed by atoms with E-state index in [4.69, 9.17) is 0 Å². The number of hydrogen-bond donors (Lipinski definition) is 1. The van der Waals surface area contributed by atoms with E-state index in [1.54, 1.807) is 11.3 Å². The van der Waals surface area contributed by atoms with Gasteiger partial charge in [-0.05, 0) is 58.5 Å². The molecule has 1 heterocycles. The maximum Gasteiger partial charge on any atom is 0.126 e. The predicted molar refractivity (Wildman–Crippen MR) is 73.9 cm³/mol. The number of hydrogen-bond acceptors (Lipinski definition) is 2. The Labute approximate surface area is 117 Å². The van der Waals surface area contributed by atoms with Crippen LogP contribution in [0.1, 0.15) is 16.5 Å². The summed E-state index contributed by atoms with van der Waals surface area (Å²) in [6.45, 7) is 0. The summed E-state index contributed by atoms with van der Waals surface area (Å²) in [5, 5.41) is 5.15. The second-order valence-corrected chi connectivity index (χ2v) is 5.76. The Morgan fingerprint density at radius 1 is 1.28 bits per heavy atom. The van der Waals surface area contributed by atoms with Crippen LogP contribution in [0.25, 0.3) is 0 Å². The summed E-state index contributed by atoms with van der Waals surface area (Å²) < 4.78 is 27.3. The SMILES string of the molecule is CNC(Cc1cc(F)cc(F)c1)c1sccc1Br. The van der Waals surface area contributed by atoms with E-state index in [0.717, 1.165) is 15.4 Å². The van der Waals surface area contributed by atoms with Crippen molar-refractivity contribution in [1.82, 2.24) is 5.32 Å². The van der Waals surface area contributed by atoms with Crippen LogP contribution < -0.4 is 5.32 Å². The molecular formula is C13H12BrF2NS. The largest absolute Gasteiger partial charge is 0.312 e. The van der Waals surface area contributed by atoms with Crippen molar-refractivity contribution < 1.29 is 8.78 Å². The smallest absolute Gasteiger partial charge is 0.126 e. The summed E-state index contributed by atoms with van der Waals surface area (Å²) in [4.78, 5) is 1.13. The van der Waals surface area contributed by atoms with E-state index >= 15 is 0 Å². The zero-order chi connectivity index (χ0) is 13.1. The summed E-state index contributed by atoms with van der Waals surface area (Å²) in [7, 11) is 1.84. The number of nitrogens with one attached hydrogen (secondary N) is 1. The number of benzene rings is 1. The fraction of sp³-hybridized carbons (Fsp3) is 0.231. The second kappa shape index (κ2) is 5.91. The Kier molecular flexibility index (Phi) is 4.48. The minimum absolute atomic E-state index is 0.0422. The highest BCUT2D eigenvalue weighted by molar-refractivity contribution is 9.10. The first kappa shape index (κ1) is 13.6. The zero-order valence-electron chi connectivity index (χ0n) is 9.71. The third-order valence-corrected chi connectivity index (χ3v) is 4.66. The lowest BCUT2D eigenvalue weighted by Gasteiger charge is -2.15. The van der Waals surface area contributed by atoms with Crippen LogP contribution in [0.2, 0.25) is 0 Å². The van der Waals surface area contributed by atoms with Gasteiger partial charge in [0, 0.05) is 21.5 Å². The number of likely N-dealkylation sites (N-methyl/N-ethyl adjacent to an activating group) is 1. The lowest BCUT2D eigenvalue weighted by atomic mass is 10.0. The van der Waals surface area contributed by atoms with Gasteiger partial charge < -0.3 is 5.32 Å². The molecule has 0 saturated carbocycles. The number of thiophene rings is 1. The molecule has 0 amide bonds. The molecule has 0 fully saturated rings. The molecule has 96 valence electrons. The molecule has 1 nitrogen and oxygen atoms in total. The topological polar surface area (TPSA) is 12.0 Å². The van der Waals surface area contributed by atoms with Gasteiger partial charge in [0.05, 0.1) is 0 Å². The Bertz CT molecular complexity index is 521. The molecule has 2 rings (SSSR count). The first-order valence-electron chi connectivity index (χ1n) is 5.45. The fourth-order valence-electron chi connectivity index (χ4n) is 1.84. The summed E-state index contributed by atoms with van der Waals surface area (Å²) >= 11 is 5.09. The van der Waals surface area contributed by atoms with Gasteiger partial charge in [0.25, 0.3) is 0 Å². The average Bonchev–Trinajstić information content (AvgIpc) is 2.71. The van der Waals surface area contributed by atoms with Crippen molar-refractivity contribution in [3.8, 4) is 0 Å². The van der Waals surface area contributed by atoms with Gasteiger partial charge in [-0.15, -0.1) is 11.3 Å². The van der Waals surface area contributed by atoms with Gasteiger partial charge in [-0.25, -0.2) is 8.78 Å². The molecule has 0 bridgehead atoms. The normalized spacial score (nSPS) is 12.7. The Hall–Kier alpha value is -0.780. The van der Waals surface area contributed by atoms with Gasteiger partial charge in [0.1, 0.15) is 11.6 Å². The fourth-order valence-corrected chi connectivity index (χ4v) is 3.61. The van der Waals surface area contributed by atoms with Crippen molar-refractivity contribution in [2.24, 2.45) is 0 Å². The van der Waals surface area contributed by atoms with E-state index in [-0.39, 0.29) is 6.04 Å². The minimum Gasteiger partial charge on any atom is -0.312 e. The van der Waals surface area contributed by atoms with E-state index < -0.39 is 11.6 Å². The van der Waals surface area contributed by atoms with Crippen LogP contribution in [-0.4, -0.2) is 7.05 Å². The standard InChI is InChI=1S/C13H12BrF2NS/c1-17-12(13-11(14)2-3-18-13)6-8-4-9(15)7-10(16)5-8/h2-5,7,12,17H,6H2,1H3. The lowest BCUT2D eigenvalue weighted by molar-refractivity contribution is 0.565. The monoisotopic (exact) mass is 331 g/mol. The van der Waals surface area contributed by atoms with Crippen molar-refractivity contribution >= 4 is 27.3 Å². The zero-order valence-corrected chi connectivity index (χ0v) is 12.1. The Morgan fingerprint density at radius 3 is 2.44 bits per heavy atom. The molecule has 1 atom stereocenters. The van der Waals surface area contributed by atoms with E-state index in [1.807, 2.05) is 18.5 Å². The van der Waals surface area contributed by atoms with E-state index in [2.05, 4.69) is 21.2 Å². The summed E-state index contributed by atoms with van der Waals surface area (Å²) in [6, 6.07) is 5.64. The van der Waals surface area contributed by atoms with E-state index in [1.165, 1.54) is 12.1 Å². The maximum absolute atomic E-state index is 13.1. The van der Waals surface area contributed by atoms with Crippen LogP contribution in [0.3, 0.4) is 0 Å². The molecule has 0 aliphatic rings. The Balaban J connectivity index is 2.23. The summed E-state index contributed by atoms with van der Waals surface area (Å²) in [5.41, 5.74) is 0.646. The second-order valence-electron chi connectivity index (χ2n) is 3.96. The number of rotatable bonds is 4. The molecule has 0 spiro atoms. The molecule has 1 N–H and O–H groups in total. The van der Waals surface area contributed by atoms with Gasteiger partial charge in [-0.3, -0.25) is 0 Å². The van der Waals surface area contributed by atoms with Crippen LogP contribution >= 0.6 is 27.3 Å². The van der Waals surface area contributed by atoms with Crippen molar-refractivity contribution in [3.63, 3.8) is 0 Å². The van der Waals surface area contributed by atoms with Crippen molar-refractivity contribution in [2.75, 3.05) is 7.05 Å². The lowest BCUT2D eigenvalue weighted by Crippen LogP contribution is -2.18. The highest BCUT2D eigenvalue weighted by atomic mass is 79.9. The summed E-state index contributed by atoms with van der Waals surface area (Å²) in [6.07, 6.45) is 0.546. The maximum atomic E-state index is 13.1. The van der Waals surface area contributed by atoms with Crippen molar-refractivity contribution in [2.45, 2.75) is 12.5 Å². The first-order valence-corrected chi connectivity index (χ1v) is 7.12. The third kappa shape index (κ3) is 3.16. The summed E-state index contributed by atoms with van der Waals surface area (Å²) in [5.74, 6) is -1.07. The molecule has 0 aliphatic carbocycles. The van der Waals surface area contributed by atoms with Gasteiger partial charge in [0.2, 0.25) is 0 Å². The van der Waals surface area contributed by atoms with Gasteiger partial charge >= 0.3 is 0 Å². The molecule has 18 heavy (non-hydrogen) atoms. The predicted octanol–water partition coefficient (Wildman–Crippen LogP) is 4.29. The first-order chi connectivity index (χ1) is 8.60. The van der Waals surface area contributed by atoms with Crippen LogP contribution in [0.4, 0.5) is 8.78 Å². The van der Waals surface area contributed by atoms with Crippen molar-refractivity contribution in [3.05, 3.63) is 56.2 Å². The van der Waals surface area contributed by atoms with Crippen LogP contribution in [-0.2, 0) is 6.42 Å². The molecule has 0 radical (unpaired) electrons. The third-order valence-electron chi connectivity index (χ3n) is 2.67. The highest BCUT2D eigenvalue weighted by Crippen LogP contribution is 2.31. The molecule has 5 heteroatoms. The average molecular weight is 332 g/mol. The highest BCUT2D eigenvalue weighted by Gasteiger charge is 2.15. The molecule has 1 aromatic heterocycles. The van der Waals surface area contributed by atoms with Gasteiger partial charge in [0.15, 0.2) is 0 Å². The van der Waals surface area contributed by atoms with Gasteiger partial charge in [-0.2, -0.15) is 0 Å². The minimum atomic E-state index is -0.537. The Morgan fingerprint density at radius 2 is 1.94 bits per heavy atom. The van der Waals surface area contributed by atoms with E-state index in [0.29, 0.717) is 12.0 Å². The van der Waals surface area contributed by atoms with Crippen LogP contribution in [0.5, 0.6) is 0 Å². The quantitative estimate of drug-likeness (QED) is 0.881. The molecule has 2 aromatic rings. The molecule has 0 saturated heterocycles. The molecule has 1 unspecified atom stereocenters. The molecule has 1 aromatic carbocycles. The number of halogens is 3. The van der Waals surface area contributed by atoms with E-state index in [9.17, 15) is 8.78 Å². The van der Waals surface area contributed by atoms with Gasteiger partial charge in [-0.1, -0.05) is 0 Å². The molecule has 0 aliphatic heterocycles. The van der Waals surface area contributed by atoms with Crippen LogP contribution in [0.15, 0.2) is 34.1 Å². The van der Waals surface area contributed by atoms with Crippen LogP contribution in [0, 0.1) is 11.6 Å². The molecular weight excluding hydrogens is 320 g/mol. The van der Waals surface area contributed by atoms with Crippen molar-refractivity contribution in [1.29, 1.82) is 0 Å².